The van der Waals surface area contributed by atoms with Crippen LogP contribution in [-0.2, 0) is 6.18 Å². The number of hydrogen-bond acceptors (Lipinski definition) is 3. The zero-order valence-electron chi connectivity index (χ0n) is 8.75. The zero-order chi connectivity index (χ0) is 12.6. The standard InChI is InChI=1S/C11H8F3NO2/c1-6-9(7-3-2-4-8(16)5-7)15-10(17-6)11(12,13)14/h2-5,16H,1H3. The lowest BCUT2D eigenvalue weighted by Gasteiger charge is -1.98. The number of aromatic hydroxyl groups is 1. The zero-order valence-corrected chi connectivity index (χ0v) is 8.75. The van der Waals surface area contributed by atoms with Crippen molar-refractivity contribution in [3.8, 4) is 17.0 Å². The molecule has 1 aromatic carbocycles. The maximum atomic E-state index is 12.4. The Kier molecular flexibility index (Phi) is 2.57. The smallest absolute Gasteiger partial charge is 0.468 e. The van der Waals surface area contributed by atoms with E-state index in [1.807, 2.05) is 0 Å². The van der Waals surface area contributed by atoms with Gasteiger partial charge >= 0.3 is 12.1 Å². The van der Waals surface area contributed by atoms with Gasteiger partial charge in [-0.3, -0.25) is 0 Å². The number of hydrogen-bond donors (Lipinski definition) is 1. The van der Waals surface area contributed by atoms with Crippen molar-refractivity contribution in [3.05, 3.63) is 35.9 Å². The minimum absolute atomic E-state index is 0.0431. The quantitative estimate of drug-likeness (QED) is 0.835. The van der Waals surface area contributed by atoms with Gasteiger partial charge < -0.3 is 9.52 Å². The maximum Gasteiger partial charge on any atom is 0.468 e. The summed E-state index contributed by atoms with van der Waals surface area (Å²) in [6.45, 7) is 1.39. The lowest BCUT2D eigenvalue weighted by atomic mass is 10.1. The lowest BCUT2D eigenvalue weighted by molar-refractivity contribution is -0.157. The van der Waals surface area contributed by atoms with Crippen molar-refractivity contribution in [2.75, 3.05) is 0 Å². The fraction of sp³-hybridized carbons (Fsp3) is 0.182. The second-order valence-electron chi connectivity index (χ2n) is 3.47. The van der Waals surface area contributed by atoms with E-state index in [9.17, 15) is 18.3 Å². The Morgan fingerprint density at radius 3 is 2.53 bits per heavy atom. The van der Waals surface area contributed by atoms with Crippen LogP contribution in [-0.4, -0.2) is 10.1 Å². The Balaban J connectivity index is 2.50. The van der Waals surface area contributed by atoms with Gasteiger partial charge in [0.25, 0.3) is 0 Å². The van der Waals surface area contributed by atoms with Crippen LogP contribution in [0.5, 0.6) is 5.75 Å². The van der Waals surface area contributed by atoms with Crippen LogP contribution in [0.25, 0.3) is 11.3 Å². The summed E-state index contributed by atoms with van der Waals surface area (Å²) in [5.41, 5.74) is 0.454. The summed E-state index contributed by atoms with van der Waals surface area (Å²) in [5, 5.41) is 9.25. The molecule has 0 aliphatic carbocycles. The molecule has 0 amide bonds. The van der Waals surface area contributed by atoms with Crippen molar-refractivity contribution < 1.29 is 22.7 Å². The first-order chi connectivity index (χ1) is 7.88. The van der Waals surface area contributed by atoms with Gasteiger partial charge in [0.15, 0.2) is 0 Å². The van der Waals surface area contributed by atoms with Crippen molar-refractivity contribution in [2.45, 2.75) is 13.1 Å². The average Bonchev–Trinajstić information content (AvgIpc) is 2.60. The van der Waals surface area contributed by atoms with Crippen molar-refractivity contribution >= 4 is 0 Å². The molecule has 2 aromatic rings. The summed E-state index contributed by atoms with van der Waals surface area (Å²) >= 11 is 0. The highest BCUT2D eigenvalue weighted by Gasteiger charge is 2.38. The number of aryl methyl sites for hydroxylation is 1. The van der Waals surface area contributed by atoms with E-state index in [0.29, 0.717) is 5.56 Å². The molecule has 6 heteroatoms. The number of aromatic nitrogens is 1. The predicted molar refractivity (Wildman–Crippen MR) is 53.3 cm³/mol. The number of phenols is 1. The second kappa shape index (κ2) is 3.80. The molecule has 17 heavy (non-hydrogen) atoms. The van der Waals surface area contributed by atoms with Gasteiger partial charge in [-0.1, -0.05) is 12.1 Å². The molecule has 2 rings (SSSR count). The number of halogens is 3. The molecule has 1 N–H and O–H groups in total. The number of alkyl halides is 3. The molecular formula is C11H8F3NO2. The molecule has 0 radical (unpaired) electrons. The number of oxazole rings is 1. The molecule has 1 aromatic heterocycles. The average molecular weight is 243 g/mol. The van der Waals surface area contributed by atoms with Gasteiger partial charge in [0, 0.05) is 5.56 Å². The van der Waals surface area contributed by atoms with E-state index >= 15 is 0 Å². The molecule has 0 fully saturated rings. The molecule has 0 saturated carbocycles. The fourth-order valence-electron chi connectivity index (χ4n) is 1.44. The van der Waals surface area contributed by atoms with Gasteiger partial charge in [0.05, 0.1) is 0 Å². The number of benzene rings is 1. The van der Waals surface area contributed by atoms with Gasteiger partial charge in [0.2, 0.25) is 0 Å². The molecular weight excluding hydrogens is 235 g/mol. The van der Waals surface area contributed by atoms with Gasteiger partial charge in [-0.15, -0.1) is 0 Å². The Morgan fingerprint density at radius 1 is 1.29 bits per heavy atom. The van der Waals surface area contributed by atoms with E-state index in [0.717, 1.165) is 0 Å². The first-order valence-corrected chi connectivity index (χ1v) is 4.72. The van der Waals surface area contributed by atoms with Crippen molar-refractivity contribution in [1.82, 2.24) is 4.98 Å². The SMILES string of the molecule is Cc1oc(C(F)(F)F)nc1-c1cccc(O)c1. The third-order valence-electron chi connectivity index (χ3n) is 2.16. The van der Waals surface area contributed by atoms with E-state index in [4.69, 9.17) is 0 Å². The predicted octanol–water partition coefficient (Wildman–Crippen LogP) is 3.37. The van der Waals surface area contributed by atoms with Crippen LogP contribution in [0.2, 0.25) is 0 Å². The molecule has 0 spiro atoms. The summed E-state index contributed by atoms with van der Waals surface area (Å²) in [5.74, 6) is -1.27. The molecule has 0 aliphatic rings. The van der Waals surface area contributed by atoms with Crippen molar-refractivity contribution in [3.63, 3.8) is 0 Å². The molecule has 0 bridgehead atoms. The molecule has 0 atom stereocenters. The molecule has 0 aliphatic heterocycles. The van der Waals surface area contributed by atoms with Gasteiger partial charge in [0.1, 0.15) is 17.2 Å². The van der Waals surface area contributed by atoms with Crippen LogP contribution in [0.3, 0.4) is 0 Å². The molecule has 3 nitrogen and oxygen atoms in total. The lowest BCUT2D eigenvalue weighted by Crippen LogP contribution is -2.04. The first kappa shape index (κ1) is 11.5. The summed E-state index contributed by atoms with van der Waals surface area (Å²) in [4.78, 5) is 3.39. The Labute approximate surface area is 94.5 Å². The molecule has 1 heterocycles. The van der Waals surface area contributed by atoms with E-state index in [1.165, 1.54) is 25.1 Å². The molecule has 0 unspecified atom stereocenters. The third kappa shape index (κ3) is 2.25. The van der Waals surface area contributed by atoms with E-state index in [-0.39, 0.29) is 17.2 Å². The van der Waals surface area contributed by atoms with Crippen molar-refractivity contribution in [2.24, 2.45) is 0 Å². The van der Waals surface area contributed by atoms with E-state index < -0.39 is 12.1 Å². The van der Waals surface area contributed by atoms with Crippen LogP contribution >= 0.6 is 0 Å². The normalized spacial score (nSPS) is 11.8. The van der Waals surface area contributed by atoms with E-state index in [1.54, 1.807) is 6.07 Å². The van der Waals surface area contributed by atoms with Crippen molar-refractivity contribution in [1.29, 1.82) is 0 Å². The number of nitrogens with zero attached hydrogens (tertiary/aromatic N) is 1. The Bertz CT molecular complexity index is 546. The summed E-state index contributed by atoms with van der Waals surface area (Å²) in [6, 6.07) is 5.81. The Morgan fingerprint density at radius 2 is 2.00 bits per heavy atom. The summed E-state index contributed by atoms with van der Waals surface area (Å²) < 4.78 is 41.7. The van der Waals surface area contributed by atoms with Crippen LogP contribution in [0.1, 0.15) is 11.7 Å². The minimum atomic E-state index is -4.61. The third-order valence-corrected chi connectivity index (χ3v) is 2.16. The van der Waals surface area contributed by atoms with Crippen LogP contribution in [0, 0.1) is 6.92 Å². The highest BCUT2D eigenvalue weighted by Crippen LogP contribution is 2.33. The number of rotatable bonds is 1. The van der Waals surface area contributed by atoms with Gasteiger partial charge in [-0.2, -0.15) is 13.2 Å². The maximum absolute atomic E-state index is 12.4. The molecule has 0 saturated heterocycles. The van der Waals surface area contributed by atoms with Gasteiger partial charge in [-0.05, 0) is 19.1 Å². The number of phenolic OH excluding ortho intramolecular Hbond substituents is 1. The topological polar surface area (TPSA) is 46.3 Å². The first-order valence-electron chi connectivity index (χ1n) is 4.72. The molecule has 90 valence electrons. The Hall–Kier alpha value is -1.98. The van der Waals surface area contributed by atoms with Crippen LogP contribution in [0.15, 0.2) is 28.7 Å². The van der Waals surface area contributed by atoms with E-state index in [2.05, 4.69) is 9.40 Å². The van der Waals surface area contributed by atoms with Crippen LogP contribution in [0.4, 0.5) is 13.2 Å². The summed E-state index contributed by atoms with van der Waals surface area (Å²) in [6.07, 6.45) is -4.61. The van der Waals surface area contributed by atoms with Gasteiger partial charge in [-0.25, -0.2) is 4.98 Å². The monoisotopic (exact) mass is 243 g/mol. The highest BCUT2D eigenvalue weighted by atomic mass is 19.4. The largest absolute Gasteiger partial charge is 0.508 e. The fourth-order valence-corrected chi connectivity index (χ4v) is 1.44. The summed E-state index contributed by atoms with van der Waals surface area (Å²) in [7, 11) is 0. The van der Waals surface area contributed by atoms with Crippen LogP contribution < -0.4 is 0 Å². The highest BCUT2D eigenvalue weighted by molar-refractivity contribution is 5.62. The minimum Gasteiger partial charge on any atom is -0.508 e. The second-order valence-corrected chi connectivity index (χ2v) is 3.47.